The van der Waals surface area contributed by atoms with Gasteiger partial charge < -0.3 is 19.3 Å². The van der Waals surface area contributed by atoms with E-state index < -0.39 is 17.5 Å². The summed E-state index contributed by atoms with van der Waals surface area (Å²) >= 11 is 0. The maximum atomic E-state index is 14.2. The molecule has 7 nitrogen and oxygen atoms in total. The monoisotopic (exact) mass is 531 g/mol. The number of rotatable bonds is 7. The van der Waals surface area contributed by atoms with Crippen LogP contribution < -0.4 is 10.2 Å². The standard InChI is InChI=1S/C31H34FN3O4/c1-31(2,3)39-30(37)35(17-21-10-6-4-7-11-21)28-24-18-34(19-25(24)28)27-15-14-23(32)16-26(27)33-29(36)38-20-22-12-8-5-9-13-22/h4-16,24-25,28H,17-20H2,1-3H3,(H,33,36)/t24-,25?,28?/m0/s1. The lowest BCUT2D eigenvalue weighted by Crippen LogP contribution is -2.41. The van der Waals surface area contributed by atoms with E-state index in [0.29, 0.717) is 25.3 Å². The van der Waals surface area contributed by atoms with Gasteiger partial charge in [-0.05, 0) is 50.1 Å². The highest BCUT2D eigenvalue weighted by atomic mass is 19.1. The van der Waals surface area contributed by atoms with Crippen LogP contribution in [0.15, 0.2) is 78.9 Å². The van der Waals surface area contributed by atoms with Crippen LogP contribution in [0.2, 0.25) is 0 Å². The zero-order valence-electron chi connectivity index (χ0n) is 22.5. The zero-order chi connectivity index (χ0) is 27.6. The van der Waals surface area contributed by atoms with E-state index in [0.717, 1.165) is 16.8 Å². The topological polar surface area (TPSA) is 71.1 Å². The van der Waals surface area contributed by atoms with Gasteiger partial charge in [0.15, 0.2) is 0 Å². The molecule has 0 spiro atoms. The maximum Gasteiger partial charge on any atom is 0.412 e. The van der Waals surface area contributed by atoms with Crippen LogP contribution in [-0.4, -0.2) is 41.8 Å². The lowest BCUT2D eigenvalue weighted by atomic mass is 10.2. The fraction of sp³-hybridized carbons (Fsp3) is 0.355. The molecule has 39 heavy (non-hydrogen) atoms. The molecular formula is C31H34FN3O4. The minimum atomic E-state index is -0.646. The van der Waals surface area contributed by atoms with Crippen LogP contribution >= 0.6 is 0 Å². The van der Waals surface area contributed by atoms with Gasteiger partial charge in [-0.2, -0.15) is 0 Å². The summed E-state index contributed by atoms with van der Waals surface area (Å²) in [7, 11) is 0. The number of nitrogens with one attached hydrogen (secondary N) is 1. The van der Waals surface area contributed by atoms with E-state index in [1.807, 2.05) is 86.3 Å². The molecule has 2 fully saturated rings. The average molecular weight is 532 g/mol. The van der Waals surface area contributed by atoms with Gasteiger partial charge in [-0.15, -0.1) is 0 Å². The zero-order valence-corrected chi connectivity index (χ0v) is 22.5. The number of hydrogen-bond donors (Lipinski definition) is 1. The molecule has 1 aliphatic heterocycles. The first-order valence-corrected chi connectivity index (χ1v) is 13.2. The van der Waals surface area contributed by atoms with Crippen molar-refractivity contribution in [2.45, 2.75) is 45.6 Å². The molecule has 1 heterocycles. The molecule has 2 unspecified atom stereocenters. The summed E-state index contributed by atoms with van der Waals surface area (Å²) in [6.07, 6.45) is -0.963. The number of hydrogen-bond acceptors (Lipinski definition) is 5. The third kappa shape index (κ3) is 6.50. The van der Waals surface area contributed by atoms with Crippen molar-refractivity contribution in [3.05, 3.63) is 95.8 Å². The number of anilines is 2. The van der Waals surface area contributed by atoms with Crippen molar-refractivity contribution in [3.8, 4) is 0 Å². The highest BCUT2D eigenvalue weighted by Gasteiger charge is 2.60. The van der Waals surface area contributed by atoms with Gasteiger partial charge in [0.2, 0.25) is 0 Å². The van der Waals surface area contributed by atoms with Crippen LogP contribution in [0.5, 0.6) is 0 Å². The number of nitrogens with zero attached hydrogens (tertiary/aromatic N) is 2. The van der Waals surface area contributed by atoms with E-state index in [1.54, 1.807) is 6.07 Å². The van der Waals surface area contributed by atoms with Crippen LogP contribution in [0.25, 0.3) is 0 Å². The second-order valence-corrected chi connectivity index (χ2v) is 11.2. The summed E-state index contributed by atoms with van der Waals surface area (Å²) in [5, 5.41) is 2.71. The summed E-state index contributed by atoms with van der Waals surface area (Å²) in [5.41, 5.74) is 2.41. The van der Waals surface area contributed by atoms with Crippen molar-refractivity contribution in [2.75, 3.05) is 23.3 Å². The Hall–Kier alpha value is -4.07. The lowest BCUT2D eigenvalue weighted by molar-refractivity contribution is 0.0195. The third-order valence-electron chi connectivity index (χ3n) is 7.08. The number of carbonyl (C=O) groups excluding carboxylic acids is 2. The fourth-order valence-corrected chi connectivity index (χ4v) is 5.30. The normalized spacial score (nSPS) is 19.7. The first-order chi connectivity index (χ1) is 18.7. The van der Waals surface area contributed by atoms with E-state index in [1.165, 1.54) is 12.1 Å². The van der Waals surface area contributed by atoms with Crippen molar-refractivity contribution in [1.29, 1.82) is 0 Å². The maximum absolute atomic E-state index is 14.2. The average Bonchev–Trinajstić information content (AvgIpc) is 3.37. The molecule has 1 saturated heterocycles. The molecule has 2 aliphatic rings. The van der Waals surface area contributed by atoms with Crippen molar-refractivity contribution in [2.24, 2.45) is 11.8 Å². The predicted octanol–water partition coefficient (Wildman–Crippen LogP) is 6.45. The summed E-state index contributed by atoms with van der Waals surface area (Å²) < 4.78 is 25.2. The molecule has 2 amide bonds. The number of piperidine rings is 1. The summed E-state index contributed by atoms with van der Waals surface area (Å²) in [6, 6.07) is 23.7. The van der Waals surface area contributed by atoms with Crippen LogP contribution in [0.3, 0.4) is 0 Å². The molecule has 0 bridgehead atoms. The first-order valence-electron chi connectivity index (χ1n) is 13.2. The first kappa shape index (κ1) is 26.5. The van der Waals surface area contributed by atoms with Crippen molar-refractivity contribution >= 4 is 23.6 Å². The van der Waals surface area contributed by atoms with E-state index in [2.05, 4.69) is 10.2 Å². The van der Waals surface area contributed by atoms with Crippen molar-refractivity contribution < 1.29 is 23.5 Å². The molecule has 8 heteroatoms. The summed E-state index contributed by atoms with van der Waals surface area (Å²) in [5.74, 6) is 0.0617. The third-order valence-corrected chi connectivity index (χ3v) is 7.08. The van der Waals surface area contributed by atoms with Gasteiger partial charge >= 0.3 is 12.2 Å². The molecule has 3 aromatic rings. The number of amides is 2. The van der Waals surface area contributed by atoms with E-state index in [-0.39, 0.29) is 30.6 Å². The van der Waals surface area contributed by atoms with E-state index >= 15 is 0 Å². The highest BCUT2D eigenvalue weighted by Crippen LogP contribution is 2.51. The summed E-state index contributed by atoms with van der Waals surface area (Å²) in [6.45, 7) is 7.57. The Bertz CT molecular complexity index is 1300. The second kappa shape index (κ2) is 11.0. The van der Waals surface area contributed by atoms with Gasteiger partial charge in [0.05, 0.1) is 11.4 Å². The van der Waals surface area contributed by atoms with Crippen LogP contribution in [0, 0.1) is 17.7 Å². The minimum Gasteiger partial charge on any atom is -0.444 e. The molecule has 5 rings (SSSR count). The Morgan fingerprint density at radius 3 is 2.18 bits per heavy atom. The fourth-order valence-electron chi connectivity index (χ4n) is 5.30. The Labute approximate surface area is 228 Å². The molecule has 3 atom stereocenters. The van der Waals surface area contributed by atoms with Gasteiger partial charge in [0, 0.05) is 37.5 Å². The molecule has 0 radical (unpaired) electrons. The Kier molecular flexibility index (Phi) is 7.46. The van der Waals surface area contributed by atoms with Gasteiger partial charge in [0.25, 0.3) is 0 Å². The highest BCUT2D eigenvalue weighted by molar-refractivity contribution is 5.90. The van der Waals surface area contributed by atoms with Gasteiger partial charge in [-0.1, -0.05) is 60.7 Å². The van der Waals surface area contributed by atoms with Crippen LogP contribution in [0.1, 0.15) is 31.9 Å². The van der Waals surface area contributed by atoms with Gasteiger partial charge in [-0.3, -0.25) is 5.32 Å². The lowest BCUT2D eigenvalue weighted by Gasteiger charge is -2.31. The SMILES string of the molecule is CC(C)(C)OC(=O)N(Cc1ccccc1)C1C2CN(c3ccc(F)cc3NC(=O)OCc3ccccc3)C[C@@H]21. The molecule has 1 N–H and O–H groups in total. The quantitative estimate of drug-likeness (QED) is 0.380. The number of benzene rings is 3. The molecular weight excluding hydrogens is 497 g/mol. The van der Waals surface area contributed by atoms with Crippen molar-refractivity contribution in [1.82, 2.24) is 4.90 Å². The molecule has 3 aromatic carbocycles. The summed E-state index contributed by atoms with van der Waals surface area (Å²) in [4.78, 5) is 29.7. The Morgan fingerprint density at radius 2 is 1.56 bits per heavy atom. The molecule has 204 valence electrons. The van der Waals surface area contributed by atoms with E-state index in [9.17, 15) is 14.0 Å². The van der Waals surface area contributed by atoms with E-state index in [4.69, 9.17) is 9.47 Å². The van der Waals surface area contributed by atoms with Crippen LogP contribution in [-0.2, 0) is 22.6 Å². The van der Waals surface area contributed by atoms with Gasteiger partial charge in [-0.25, -0.2) is 14.0 Å². The molecule has 1 aliphatic carbocycles. The number of carbonyl (C=O) groups is 2. The smallest absolute Gasteiger partial charge is 0.412 e. The number of halogens is 1. The number of fused-ring (bicyclic) bond motifs is 1. The largest absolute Gasteiger partial charge is 0.444 e. The second-order valence-electron chi connectivity index (χ2n) is 11.2. The van der Waals surface area contributed by atoms with Crippen LogP contribution in [0.4, 0.5) is 25.4 Å². The predicted molar refractivity (Wildman–Crippen MR) is 148 cm³/mol. The van der Waals surface area contributed by atoms with Crippen molar-refractivity contribution in [3.63, 3.8) is 0 Å². The Balaban J connectivity index is 1.25. The number of ether oxygens (including phenoxy) is 2. The minimum absolute atomic E-state index is 0.0593. The van der Waals surface area contributed by atoms with Gasteiger partial charge in [0.1, 0.15) is 18.0 Å². The molecule has 0 aromatic heterocycles. The molecule has 1 saturated carbocycles. The Morgan fingerprint density at radius 1 is 0.949 bits per heavy atom.